The molecule has 2 aromatic rings. The van der Waals surface area contributed by atoms with Crippen LogP contribution in [-0.2, 0) is 11.2 Å². The van der Waals surface area contributed by atoms with E-state index in [0.717, 1.165) is 56.3 Å². The highest BCUT2D eigenvalue weighted by Crippen LogP contribution is 2.48. The maximum absolute atomic E-state index is 6.00. The standard InChI is InChI=1S/C21H34N6O/c1-5-21(6-2)16(15-17(21)28-8-4)24-20(22-7-3)23-13-12-19-26-25-18-11-9-10-14-27(18)19/h9-11,14,16-17H,5-8,12-13,15H2,1-4H3,(H2,22,23,24). The van der Waals surface area contributed by atoms with Crippen molar-refractivity contribution in [3.05, 3.63) is 30.2 Å². The van der Waals surface area contributed by atoms with Crippen molar-refractivity contribution in [1.29, 1.82) is 0 Å². The molecule has 0 amide bonds. The fourth-order valence-electron chi connectivity index (χ4n) is 4.40. The van der Waals surface area contributed by atoms with E-state index in [-0.39, 0.29) is 5.41 Å². The number of rotatable bonds is 9. The van der Waals surface area contributed by atoms with Crippen LogP contribution in [0.4, 0.5) is 0 Å². The van der Waals surface area contributed by atoms with Gasteiger partial charge < -0.3 is 15.4 Å². The largest absolute Gasteiger partial charge is 0.378 e. The van der Waals surface area contributed by atoms with Crippen LogP contribution in [0.25, 0.3) is 5.65 Å². The Morgan fingerprint density at radius 1 is 1.25 bits per heavy atom. The molecule has 2 aromatic heterocycles. The van der Waals surface area contributed by atoms with Crippen molar-refractivity contribution in [3.8, 4) is 0 Å². The summed E-state index contributed by atoms with van der Waals surface area (Å²) in [5, 5.41) is 15.6. The summed E-state index contributed by atoms with van der Waals surface area (Å²) >= 11 is 0. The Kier molecular flexibility index (Phi) is 6.88. The van der Waals surface area contributed by atoms with Crippen molar-refractivity contribution >= 4 is 11.6 Å². The number of hydrogen-bond donors (Lipinski definition) is 2. The molecule has 2 atom stereocenters. The second kappa shape index (κ2) is 9.37. The summed E-state index contributed by atoms with van der Waals surface area (Å²) in [5.41, 5.74) is 1.06. The number of nitrogens with one attached hydrogen (secondary N) is 2. The van der Waals surface area contributed by atoms with Gasteiger partial charge in [-0.1, -0.05) is 19.9 Å². The number of fused-ring (bicyclic) bond motifs is 1. The third kappa shape index (κ3) is 3.99. The molecule has 2 unspecified atom stereocenters. The fraction of sp³-hybridized carbons (Fsp3) is 0.667. The number of nitrogens with zero attached hydrogens (tertiary/aromatic N) is 4. The van der Waals surface area contributed by atoms with E-state index in [1.54, 1.807) is 0 Å². The Bertz CT molecular complexity index is 782. The lowest BCUT2D eigenvalue weighted by molar-refractivity contribution is -0.133. The van der Waals surface area contributed by atoms with E-state index in [0.29, 0.717) is 18.7 Å². The smallest absolute Gasteiger partial charge is 0.191 e. The van der Waals surface area contributed by atoms with Gasteiger partial charge in [-0.05, 0) is 45.2 Å². The first-order valence-corrected chi connectivity index (χ1v) is 10.6. The Labute approximate surface area is 168 Å². The number of hydrogen-bond acceptors (Lipinski definition) is 4. The normalized spacial score (nSPS) is 21.5. The lowest BCUT2D eigenvalue weighted by Crippen LogP contribution is -2.65. The third-order valence-corrected chi connectivity index (χ3v) is 6.11. The number of aromatic nitrogens is 3. The minimum absolute atomic E-state index is 0.190. The van der Waals surface area contributed by atoms with Crippen molar-refractivity contribution in [2.75, 3.05) is 19.7 Å². The molecule has 0 radical (unpaired) electrons. The molecule has 0 aliphatic heterocycles. The summed E-state index contributed by atoms with van der Waals surface area (Å²) in [6.45, 7) is 11.0. The van der Waals surface area contributed by atoms with Crippen LogP contribution in [0.1, 0.15) is 52.8 Å². The summed E-state index contributed by atoms with van der Waals surface area (Å²) in [6, 6.07) is 6.33. The number of aliphatic imine (C=N–C) groups is 1. The van der Waals surface area contributed by atoms with Crippen molar-refractivity contribution in [1.82, 2.24) is 25.2 Å². The molecular weight excluding hydrogens is 352 g/mol. The lowest BCUT2D eigenvalue weighted by atomic mass is 9.58. The van der Waals surface area contributed by atoms with Crippen LogP contribution in [-0.4, -0.2) is 52.4 Å². The minimum atomic E-state index is 0.190. The van der Waals surface area contributed by atoms with Gasteiger partial charge in [-0.3, -0.25) is 9.39 Å². The monoisotopic (exact) mass is 386 g/mol. The summed E-state index contributed by atoms with van der Waals surface area (Å²) in [7, 11) is 0. The molecule has 2 heterocycles. The van der Waals surface area contributed by atoms with E-state index in [4.69, 9.17) is 9.73 Å². The molecule has 7 nitrogen and oxygen atoms in total. The van der Waals surface area contributed by atoms with Gasteiger partial charge in [-0.2, -0.15) is 0 Å². The fourth-order valence-corrected chi connectivity index (χ4v) is 4.40. The van der Waals surface area contributed by atoms with E-state index in [2.05, 4.69) is 48.5 Å². The molecule has 0 bridgehead atoms. The molecule has 1 saturated carbocycles. The molecule has 3 rings (SSSR count). The van der Waals surface area contributed by atoms with E-state index < -0.39 is 0 Å². The van der Waals surface area contributed by atoms with E-state index >= 15 is 0 Å². The van der Waals surface area contributed by atoms with Crippen LogP contribution < -0.4 is 10.6 Å². The maximum atomic E-state index is 6.00. The zero-order valence-corrected chi connectivity index (χ0v) is 17.6. The molecule has 1 fully saturated rings. The average molecular weight is 387 g/mol. The van der Waals surface area contributed by atoms with Crippen LogP contribution in [0.5, 0.6) is 0 Å². The Hall–Kier alpha value is -2.15. The second-order valence-corrected chi connectivity index (χ2v) is 7.37. The van der Waals surface area contributed by atoms with E-state index in [9.17, 15) is 0 Å². The second-order valence-electron chi connectivity index (χ2n) is 7.37. The van der Waals surface area contributed by atoms with Crippen LogP contribution in [0.2, 0.25) is 0 Å². The molecule has 1 aliphatic carbocycles. The van der Waals surface area contributed by atoms with Gasteiger partial charge >= 0.3 is 0 Å². The van der Waals surface area contributed by atoms with Gasteiger partial charge in [0.15, 0.2) is 11.6 Å². The van der Waals surface area contributed by atoms with Gasteiger partial charge in [0.05, 0.1) is 6.10 Å². The SMILES string of the molecule is CCNC(=NCCc1nnc2ccccn12)NC1CC(OCC)C1(CC)CC. The highest BCUT2D eigenvalue weighted by atomic mass is 16.5. The van der Waals surface area contributed by atoms with Gasteiger partial charge in [-0.15, -0.1) is 10.2 Å². The van der Waals surface area contributed by atoms with Crippen LogP contribution in [0, 0.1) is 5.41 Å². The first-order valence-electron chi connectivity index (χ1n) is 10.6. The first-order chi connectivity index (χ1) is 13.7. The van der Waals surface area contributed by atoms with Crippen molar-refractivity contribution in [3.63, 3.8) is 0 Å². The van der Waals surface area contributed by atoms with Crippen molar-refractivity contribution < 1.29 is 4.74 Å². The maximum Gasteiger partial charge on any atom is 0.191 e. The molecule has 1 aliphatic rings. The van der Waals surface area contributed by atoms with Crippen LogP contribution in [0.15, 0.2) is 29.4 Å². The van der Waals surface area contributed by atoms with E-state index in [1.165, 1.54) is 0 Å². The Morgan fingerprint density at radius 3 is 2.79 bits per heavy atom. The average Bonchev–Trinajstić information content (AvgIpc) is 3.11. The van der Waals surface area contributed by atoms with E-state index in [1.807, 2.05) is 28.8 Å². The predicted octanol–water partition coefficient (Wildman–Crippen LogP) is 2.81. The molecule has 0 aromatic carbocycles. The highest BCUT2D eigenvalue weighted by Gasteiger charge is 2.53. The topological polar surface area (TPSA) is 75.8 Å². The van der Waals surface area contributed by atoms with Gasteiger partial charge in [0, 0.05) is 43.8 Å². The highest BCUT2D eigenvalue weighted by molar-refractivity contribution is 5.80. The molecule has 2 N–H and O–H groups in total. The predicted molar refractivity (Wildman–Crippen MR) is 113 cm³/mol. The van der Waals surface area contributed by atoms with Gasteiger partial charge in [0.2, 0.25) is 0 Å². The van der Waals surface area contributed by atoms with Crippen LogP contribution >= 0.6 is 0 Å². The van der Waals surface area contributed by atoms with Gasteiger partial charge in [0.25, 0.3) is 0 Å². The number of guanidine groups is 1. The summed E-state index contributed by atoms with van der Waals surface area (Å²) in [5.74, 6) is 1.81. The zero-order chi connectivity index (χ0) is 20.0. The summed E-state index contributed by atoms with van der Waals surface area (Å²) < 4.78 is 8.02. The molecule has 28 heavy (non-hydrogen) atoms. The molecule has 154 valence electrons. The lowest BCUT2D eigenvalue weighted by Gasteiger charge is -2.55. The zero-order valence-electron chi connectivity index (χ0n) is 17.6. The van der Waals surface area contributed by atoms with Crippen LogP contribution in [0.3, 0.4) is 0 Å². The Morgan fingerprint density at radius 2 is 2.07 bits per heavy atom. The number of pyridine rings is 1. The van der Waals surface area contributed by atoms with Crippen molar-refractivity contribution in [2.24, 2.45) is 10.4 Å². The number of ether oxygens (including phenoxy) is 1. The third-order valence-electron chi connectivity index (χ3n) is 6.11. The minimum Gasteiger partial charge on any atom is -0.378 e. The quantitative estimate of drug-likeness (QED) is 0.512. The van der Waals surface area contributed by atoms with Gasteiger partial charge in [-0.25, -0.2) is 0 Å². The first kappa shape index (κ1) is 20.6. The molecular formula is C21H34N6O. The Balaban J connectivity index is 1.64. The van der Waals surface area contributed by atoms with Gasteiger partial charge in [0.1, 0.15) is 5.82 Å². The van der Waals surface area contributed by atoms with Crippen molar-refractivity contribution in [2.45, 2.75) is 65.5 Å². The molecule has 7 heteroatoms. The molecule has 0 saturated heterocycles. The summed E-state index contributed by atoms with van der Waals surface area (Å²) in [4.78, 5) is 4.79. The molecule has 0 spiro atoms. The summed E-state index contributed by atoms with van der Waals surface area (Å²) in [6.07, 6.45) is 6.34.